The molecule has 0 aliphatic carbocycles. The first kappa shape index (κ1) is 18.5. The molecule has 7 heteroatoms. The molecule has 28 heavy (non-hydrogen) atoms. The molecule has 1 aliphatic rings. The summed E-state index contributed by atoms with van der Waals surface area (Å²) in [6.45, 7) is 0. The number of rotatable bonds is 4. The third-order valence-corrected chi connectivity index (χ3v) is 6.25. The van der Waals surface area contributed by atoms with Gasteiger partial charge in [0.1, 0.15) is 5.70 Å². The van der Waals surface area contributed by atoms with Crippen LogP contribution in [0.2, 0.25) is 0 Å². The van der Waals surface area contributed by atoms with Crippen molar-refractivity contribution in [2.45, 2.75) is 4.90 Å². The Morgan fingerprint density at radius 1 is 0.857 bits per heavy atom. The number of sulfonamides is 1. The summed E-state index contributed by atoms with van der Waals surface area (Å²) in [4.78, 5) is 13.2. The molecule has 0 unspecified atom stereocenters. The largest absolute Gasteiger partial charge is 0.353 e. The van der Waals surface area contributed by atoms with E-state index in [1.54, 1.807) is 48.5 Å². The van der Waals surface area contributed by atoms with Crippen molar-refractivity contribution < 1.29 is 13.2 Å². The highest BCUT2D eigenvalue weighted by Crippen LogP contribution is 2.33. The van der Waals surface area contributed by atoms with E-state index >= 15 is 0 Å². The molecule has 0 saturated heterocycles. The van der Waals surface area contributed by atoms with E-state index in [1.807, 2.05) is 24.3 Å². The highest BCUT2D eigenvalue weighted by molar-refractivity contribution is 9.10. The van der Waals surface area contributed by atoms with Crippen LogP contribution in [0, 0.1) is 0 Å². The summed E-state index contributed by atoms with van der Waals surface area (Å²) in [5.74, 6) is -0.404. The molecule has 0 bridgehead atoms. The highest BCUT2D eigenvalue weighted by Gasteiger charge is 2.32. The fourth-order valence-electron chi connectivity index (χ4n) is 2.98. The van der Waals surface area contributed by atoms with Crippen LogP contribution in [0.25, 0.3) is 5.70 Å². The lowest BCUT2D eigenvalue weighted by Crippen LogP contribution is -2.34. The zero-order valence-electron chi connectivity index (χ0n) is 14.5. The predicted octanol–water partition coefficient (Wildman–Crippen LogP) is 4.40. The lowest BCUT2D eigenvalue weighted by molar-refractivity contribution is 0.103. The molecule has 3 aromatic carbocycles. The quantitative estimate of drug-likeness (QED) is 0.572. The molecule has 140 valence electrons. The van der Waals surface area contributed by atoms with Crippen molar-refractivity contribution in [2.24, 2.45) is 0 Å². The SMILES string of the molecule is O=C(C1=C(Nc2ccc(Br)cc2)c2ccccc2S(=O)(=O)N1)c1ccccc1. The highest BCUT2D eigenvalue weighted by atomic mass is 79.9. The van der Waals surface area contributed by atoms with Crippen LogP contribution in [0.4, 0.5) is 5.69 Å². The van der Waals surface area contributed by atoms with Gasteiger partial charge in [-0.2, -0.15) is 0 Å². The molecule has 1 heterocycles. The topological polar surface area (TPSA) is 75.3 Å². The van der Waals surface area contributed by atoms with Crippen LogP contribution in [0.15, 0.2) is 93.9 Å². The first-order valence-electron chi connectivity index (χ1n) is 8.44. The van der Waals surface area contributed by atoms with Gasteiger partial charge in [-0.3, -0.25) is 9.52 Å². The number of hydrogen-bond acceptors (Lipinski definition) is 4. The van der Waals surface area contributed by atoms with Crippen molar-refractivity contribution in [1.29, 1.82) is 0 Å². The van der Waals surface area contributed by atoms with Gasteiger partial charge >= 0.3 is 0 Å². The smallest absolute Gasteiger partial charge is 0.262 e. The molecule has 0 radical (unpaired) electrons. The van der Waals surface area contributed by atoms with Gasteiger partial charge in [0.2, 0.25) is 5.78 Å². The fourth-order valence-corrected chi connectivity index (χ4v) is 4.54. The molecule has 0 saturated carbocycles. The summed E-state index contributed by atoms with van der Waals surface area (Å²) in [5.41, 5.74) is 1.99. The molecule has 0 fully saturated rings. The standard InChI is InChI=1S/C21H15BrN2O3S/c22-15-10-12-16(13-11-15)23-19-17-8-4-5-9-18(17)28(26,27)24-20(19)21(25)14-6-2-1-3-7-14/h1-13,23-24H. The Bertz CT molecular complexity index is 1190. The Kier molecular flexibility index (Phi) is 4.78. The van der Waals surface area contributed by atoms with Crippen LogP contribution in [-0.4, -0.2) is 14.2 Å². The summed E-state index contributed by atoms with van der Waals surface area (Å²) < 4.78 is 28.8. The number of Topliss-reactive ketones (excluding diaryl/α,β-unsaturated/α-hetero) is 1. The molecular formula is C21H15BrN2O3S. The fraction of sp³-hybridized carbons (Fsp3) is 0. The number of hydrogen-bond donors (Lipinski definition) is 2. The molecule has 5 nitrogen and oxygen atoms in total. The minimum absolute atomic E-state index is 0.00665. The number of fused-ring (bicyclic) bond motifs is 1. The van der Waals surface area contributed by atoms with Gasteiger partial charge in [-0.05, 0) is 30.3 Å². The summed E-state index contributed by atoms with van der Waals surface area (Å²) in [7, 11) is -3.85. The predicted molar refractivity (Wildman–Crippen MR) is 112 cm³/mol. The zero-order chi connectivity index (χ0) is 19.7. The van der Waals surface area contributed by atoms with E-state index in [9.17, 15) is 13.2 Å². The second-order valence-corrected chi connectivity index (χ2v) is 8.75. The monoisotopic (exact) mass is 454 g/mol. The summed E-state index contributed by atoms with van der Waals surface area (Å²) in [6.07, 6.45) is 0. The van der Waals surface area contributed by atoms with Crippen LogP contribution in [0.1, 0.15) is 15.9 Å². The summed E-state index contributed by atoms with van der Waals surface area (Å²) >= 11 is 3.39. The molecule has 3 aromatic rings. The lowest BCUT2D eigenvalue weighted by atomic mass is 10.0. The van der Waals surface area contributed by atoms with Gasteiger partial charge in [0, 0.05) is 21.3 Å². The van der Waals surface area contributed by atoms with Crippen LogP contribution in [0.3, 0.4) is 0 Å². The van der Waals surface area contributed by atoms with Gasteiger partial charge in [-0.1, -0.05) is 64.5 Å². The molecule has 0 aromatic heterocycles. The second-order valence-electron chi connectivity index (χ2n) is 6.18. The molecule has 0 amide bonds. The number of nitrogens with one attached hydrogen (secondary N) is 2. The van der Waals surface area contributed by atoms with Crippen LogP contribution >= 0.6 is 15.9 Å². The van der Waals surface area contributed by atoms with Crippen molar-refractivity contribution in [3.63, 3.8) is 0 Å². The maximum atomic E-state index is 13.1. The van der Waals surface area contributed by atoms with Crippen LogP contribution in [-0.2, 0) is 10.0 Å². The Morgan fingerprint density at radius 2 is 1.50 bits per heavy atom. The Balaban J connectivity index is 1.91. The van der Waals surface area contributed by atoms with Crippen molar-refractivity contribution in [1.82, 2.24) is 4.72 Å². The zero-order valence-corrected chi connectivity index (χ0v) is 16.9. The van der Waals surface area contributed by atoms with Gasteiger partial charge < -0.3 is 5.32 Å². The Labute approximate surface area is 171 Å². The molecule has 4 rings (SSSR count). The van der Waals surface area contributed by atoms with Crippen molar-refractivity contribution >= 4 is 43.1 Å². The van der Waals surface area contributed by atoms with E-state index < -0.39 is 15.8 Å². The van der Waals surface area contributed by atoms with Gasteiger partial charge in [0.05, 0.1) is 10.6 Å². The summed E-state index contributed by atoms with van der Waals surface area (Å²) in [5, 5.41) is 3.21. The minimum atomic E-state index is -3.85. The van der Waals surface area contributed by atoms with E-state index in [-0.39, 0.29) is 10.6 Å². The molecule has 0 atom stereocenters. The van der Waals surface area contributed by atoms with Gasteiger partial charge in [-0.15, -0.1) is 0 Å². The third kappa shape index (κ3) is 3.46. The third-order valence-electron chi connectivity index (χ3n) is 4.31. The maximum Gasteiger partial charge on any atom is 0.262 e. The van der Waals surface area contributed by atoms with E-state index in [0.29, 0.717) is 16.8 Å². The van der Waals surface area contributed by atoms with E-state index in [4.69, 9.17) is 0 Å². The van der Waals surface area contributed by atoms with Crippen molar-refractivity contribution in [3.05, 3.63) is 100 Å². The van der Waals surface area contributed by atoms with E-state index in [1.165, 1.54) is 6.07 Å². The first-order chi connectivity index (χ1) is 13.5. The first-order valence-corrected chi connectivity index (χ1v) is 10.7. The lowest BCUT2D eigenvalue weighted by Gasteiger charge is -2.25. The Morgan fingerprint density at radius 3 is 2.21 bits per heavy atom. The normalized spacial score (nSPS) is 14.8. The molecule has 2 N–H and O–H groups in total. The number of anilines is 1. The number of benzene rings is 3. The number of carbonyl (C=O) groups is 1. The summed E-state index contributed by atoms with van der Waals surface area (Å²) in [6, 6.07) is 22.6. The number of carbonyl (C=O) groups excluding carboxylic acids is 1. The number of halogens is 1. The molecular weight excluding hydrogens is 440 g/mol. The number of ketones is 1. The van der Waals surface area contributed by atoms with Crippen molar-refractivity contribution in [3.8, 4) is 0 Å². The van der Waals surface area contributed by atoms with E-state index in [2.05, 4.69) is 26.0 Å². The van der Waals surface area contributed by atoms with Gasteiger partial charge in [-0.25, -0.2) is 8.42 Å². The minimum Gasteiger partial charge on any atom is -0.353 e. The van der Waals surface area contributed by atoms with Gasteiger partial charge in [0.25, 0.3) is 10.0 Å². The average Bonchev–Trinajstić information content (AvgIpc) is 2.71. The van der Waals surface area contributed by atoms with Gasteiger partial charge in [0.15, 0.2) is 0 Å². The van der Waals surface area contributed by atoms with E-state index in [0.717, 1.165) is 10.2 Å². The molecule has 1 aliphatic heterocycles. The Hall–Kier alpha value is -2.90. The maximum absolute atomic E-state index is 13.1. The van der Waals surface area contributed by atoms with Crippen molar-refractivity contribution in [2.75, 3.05) is 5.32 Å². The molecule has 0 spiro atoms. The van der Waals surface area contributed by atoms with Crippen LogP contribution < -0.4 is 10.0 Å². The average molecular weight is 455 g/mol. The second kappa shape index (κ2) is 7.26. The number of allylic oxidation sites excluding steroid dienone is 1. The van der Waals surface area contributed by atoms with Crippen LogP contribution in [0.5, 0.6) is 0 Å².